The van der Waals surface area contributed by atoms with Gasteiger partial charge in [-0.15, -0.1) is 0 Å². The van der Waals surface area contributed by atoms with E-state index in [9.17, 15) is 18.0 Å². The number of hydrogen-bond donors (Lipinski definition) is 1. The van der Waals surface area contributed by atoms with Crippen molar-refractivity contribution in [2.45, 2.75) is 37.5 Å². The molecule has 0 unspecified atom stereocenters. The van der Waals surface area contributed by atoms with Gasteiger partial charge in [0.05, 0.1) is 16.1 Å². The first-order chi connectivity index (χ1) is 14.4. The Labute approximate surface area is 176 Å². The third kappa shape index (κ3) is 3.92. The number of anilines is 2. The predicted molar refractivity (Wildman–Crippen MR) is 115 cm³/mol. The largest absolute Gasteiger partial charge is 0.339 e. The van der Waals surface area contributed by atoms with Crippen molar-refractivity contribution in [1.82, 2.24) is 4.90 Å². The molecule has 2 aromatic carbocycles. The number of rotatable bonds is 4. The molecular formula is C22H25N3O4S. The van der Waals surface area contributed by atoms with Gasteiger partial charge in [-0.05, 0) is 61.6 Å². The van der Waals surface area contributed by atoms with Crippen LogP contribution in [0.1, 0.15) is 42.1 Å². The normalized spacial score (nSPS) is 16.3. The lowest BCUT2D eigenvalue weighted by Crippen LogP contribution is -2.36. The van der Waals surface area contributed by atoms with Gasteiger partial charge < -0.3 is 9.80 Å². The van der Waals surface area contributed by atoms with E-state index in [1.165, 1.54) is 13.0 Å². The van der Waals surface area contributed by atoms with Gasteiger partial charge in [-0.1, -0.05) is 12.1 Å². The molecule has 0 bridgehead atoms. The molecule has 2 aliphatic rings. The molecule has 1 N–H and O–H groups in total. The van der Waals surface area contributed by atoms with E-state index in [-0.39, 0.29) is 22.4 Å². The zero-order chi connectivity index (χ0) is 21.3. The average molecular weight is 428 g/mol. The van der Waals surface area contributed by atoms with Crippen LogP contribution in [-0.4, -0.2) is 44.8 Å². The van der Waals surface area contributed by atoms with E-state index in [1.807, 2.05) is 0 Å². The van der Waals surface area contributed by atoms with Crippen molar-refractivity contribution in [3.8, 4) is 0 Å². The fourth-order valence-electron chi connectivity index (χ4n) is 4.10. The highest BCUT2D eigenvalue weighted by Gasteiger charge is 2.26. The molecule has 2 amide bonds. The molecule has 158 valence electrons. The number of nitrogens with zero attached hydrogens (tertiary/aromatic N) is 2. The Balaban J connectivity index is 1.60. The first-order valence-electron chi connectivity index (χ1n) is 10.2. The summed E-state index contributed by atoms with van der Waals surface area (Å²) in [5, 5.41) is 0. The minimum atomic E-state index is -3.88. The van der Waals surface area contributed by atoms with Crippen LogP contribution < -0.4 is 9.62 Å². The Morgan fingerprint density at radius 1 is 0.967 bits per heavy atom. The Kier molecular flexibility index (Phi) is 5.51. The fraction of sp³-hybridized carbons (Fsp3) is 0.364. The van der Waals surface area contributed by atoms with Crippen LogP contribution in [0.3, 0.4) is 0 Å². The number of likely N-dealkylation sites (tertiary alicyclic amines) is 1. The Hall–Kier alpha value is -2.87. The van der Waals surface area contributed by atoms with Crippen LogP contribution in [0.5, 0.6) is 0 Å². The number of amides is 2. The molecule has 0 spiro atoms. The summed E-state index contributed by atoms with van der Waals surface area (Å²) in [6.07, 6.45) is 3.65. The molecule has 1 fully saturated rings. The number of para-hydroxylation sites is 1. The molecule has 0 aromatic heterocycles. The van der Waals surface area contributed by atoms with Gasteiger partial charge >= 0.3 is 0 Å². The molecule has 0 atom stereocenters. The van der Waals surface area contributed by atoms with E-state index in [2.05, 4.69) is 4.72 Å². The number of carbonyl (C=O) groups is 2. The van der Waals surface area contributed by atoms with Crippen LogP contribution in [0.15, 0.2) is 47.4 Å². The minimum Gasteiger partial charge on any atom is -0.339 e. The van der Waals surface area contributed by atoms with Crippen molar-refractivity contribution < 1.29 is 18.0 Å². The Morgan fingerprint density at radius 3 is 2.43 bits per heavy atom. The summed E-state index contributed by atoms with van der Waals surface area (Å²) in [5.41, 5.74) is 2.21. The maximum Gasteiger partial charge on any atom is 0.261 e. The fourth-order valence-corrected chi connectivity index (χ4v) is 5.23. The number of hydrogen-bond acceptors (Lipinski definition) is 4. The minimum absolute atomic E-state index is 0.0624. The van der Waals surface area contributed by atoms with Gasteiger partial charge in [-0.2, -0.15) is 0 Å². The summed E-state index contributed by atoms with van der Waals surface area (Å²) in [7, 11) is -3.88. The molecular weight excluding hydrogens is 402 g/mol. The molecule has 2 aliphatic heterocycles. The molecule has 0 aliphatic carbocycles. The van der Waals surface area contributed by atoms with Crippen LogP contribution in [-0.2, 0) is 21.2 Å². The molecule has 8 heteroatoms. The standard InChI is InChI=1S/C22H25N3O4S/c1-16(26)25-14-11-17-15-18(9-10-21(17)25)30(28,29)23-20-8-4-3-7-19(20)22(27)24-12-5-2-6-13-24/h3-4,7-10,15,23H,2,5-6,11-14H2,1H3. The van der Waals surface area contributed by atoms with Gasteiger partial charge in [0, 0.05) is 32.2 Å². The van der Waals surface area contributed by atoms with E-state index < -0.39 is 10.0 Å². The van der Waals surface area contributed by atoms with E-state index in [4.69, 9.17) is 0 Å². The average Bonchev–Trinajstić information content (AvgIpc) is 3.18. The summed E-state index contributed by atoms with van der Waals surface area (Å²) < 4.78 is 28.7. The van der Waals surface area contributed by atoms with Gasteiger partial charge in [0.1, 0.15) is 0 Å². The van der Waals surface area contributed by atoms with Gasteiger partial charge in [0.2, 0.25) is 5.91 Å². The molecule has 2 aromatic rings. The molecule has 0 saturated carbocycles. The molecule has 1 saturated heterocycles. The van der Waals surface area contributed by atoms with Crippen molar-refractivity contribution in [3.63, 3.8) is 0 Å². The summed E-state index contributed by atoms with van der Waals surface area (Å²) in [6.45, 7) is 3.43. The second-order valence-electron chi connectivity index (χ2n) is 7.72. The maximum absolute atomic E-state index is 13.1. The number of fused-ring (bicyclic) bond motifs is 1. The smallest absolute Gasteiger partial charge is 0.261 e. The van der Waals surface area contributed by atoms with Crippen LogP contribution >= 0.6 is 0 Å². The molecule has 7 nitrogen and oxygen atoms in total. The number of sulfonamides is 1. The monoisotopic (exact) mass is 427 g/mol. The van der Waals surface area contributed by atoms with Crippen molar-refractivity contribution in [2.24, 2.45) is 0 Å². The molecule has 2 heterocycles. The molecule has 0 radical (unpaired) electrons. The lowest BCUT2D eigenvalue weighted by molar-refractivity contribution is -0.116. The topological polar surface area (TPSA) is 86.8 Å². The first kappa shape index (κ1) is 20.4. The number of nitrogens with one attached hydrogen (secondary N) is 1. The highest BCUT2D eigenvalue weighted by molar-refractivity contribution is 7.92. The second-order valence-corrected chi connectivity index (χ2v) is 9.40. The highest BCUT2D eigenvalue weighted by atomic mass is 32.2. The predicted octanol–water partition coefficient (Wildman–Crippen LogP) is 3.02. The van der Waals surface area contributed by atoms with E-state index in [0.29, 0.717) is 31.6 Å². The van der Waals surface area contributed by atoms with Crippen molar-refractivity contribution in [3.05, 3.63) is 53.6 Å². The third-order valence-electron chi connectivity index (χ3n) is 5.68. The van der Waals surface area contributed by atoms with Gasteiger partial charge in [-0.25, -0.2) is 8.42 Å². The van der Waals surface area contributed by atoms with Crippen LogP contribution in [0.2, 0.25) is 0 Å². The van der Waals surface area contributed by atoms with Gasteiger partial charge in [-0.3, -0.25) is 14.3 Å². The lowest BCUT2D eigenvalue weighted by atomic mass is 10.1. The zero-order valence-corrected chi connectivity index (χ0v) is 17.7. The van der Waals surface area contributed by atoms with Crippen LogP contribution in [0.25, 0.3) is 0 Å². The van der Waals surface area contributed by atoms with Crippen molar-refractivity contribution in [2.75, 3.05) is 29.3 Å². The SMILES string of the molecule is CC(=O)N1CCc2cc(S(=O)(=O)Nc3ccccc3C(=O)N3CCCCC3)ccc21. The quantitative estimate of drug-likeness (QED) is 0.813. The van der Waals surface area contributed by atoms with Crippen LogP contribution in [0, 0.1) is 0 Å². The third-order valence-corrected chi connectivity index (χ3v) is 7.05. The van der Waals surface area contributed by atoms with Gasteiger partial charge in [0.15, 0.2) is 0 Å². The second kappa shape index (κ2) is 8.10. The highest BCUT2D eigenvalue weighted by Crippen LogP contribution is 2.31. The van der Waals surface area contributed by atoms with E-state index in [0.717, 1.165) is 30.5 Å². The van der Waals surface area contributed by atoms with Crippen LogP contribution in [0.4, 0.5) is 11.4 Å². The summed E-state index contributed by atoms with van der Waals surface area (Å²) >= 11 is 0. The maximum atomic E-state index is 13.1. The number of benzene rings is 2. The number of carbonyl (C=O) groups excluding carboxylic acids is 2. The molecule has 30 heavy (non-hydrogen) atoms. The Bertz CT molecular complexity index is 1090. The summed E-state index contributed by atoms with van der Waals surface area (Å²) in [6, 6.07) is 11.5. The summed E-state index contributed by atoms with van der Waals surface area (Å²) in [4.78, 5) is 28.2. The first-order valence-corrected chi connectivity index (χ1v) is 11.7. The van der Waals surface area contributed by atoms with Crippen molar-refractivity contribution in [1.29, 1.82) is 0 Å². The number of piperidine rings is 1. The Morgan fingerprint density at radius 2 is 1.70 bits per heavy atom. The van der Waals surface area contributed by atoms with E-state index in [1.54, 1.807) is 46.2 Å². The van der Waals surface area contributed by atoms with E-state index >= 15 is 0 Å². The van der Waals surface area contributed by atoms with Gasteiger partial charge in [0.25, 0.3) is 15.9 Å². The summed E-state index contributed by atoms with van der Waals surface area (Å²) in [5.74, 6) is -0.216. The van der Waals surface area contributed by atoms with Crippen molar-refractivity contribution >= 4 is 33.2 Å². The zero-order valence-electron chi connectivity index (χ0n) is 16.9. The lowest BCUT2D eigenvalue weighted by Gasteiger charge is -2.27. The molecule has 4 rings (SSSR count).